The molecule has 1 aliphatic rings. The number of aliphatic hydroxyl groups is 1. The van der Waals surface area contributed by atoms with Gasteiger partial charge in [-0.3, -0.25) is 10.1 Å². The molecule has 0 aliphatic heterocycles. The van der Waals surface area contributed by atoms with Crippen LogP contribution in [0.5, 0.6) is 0 Å². The highest BCUT2D eigenvalue weighted by molar-refractivity contribution is 5.76. The molecule has 0 spiro atoms. The molecule has 0 saturated heterocycles. The Hall–Kier alpha value is -0.610. The molecule has 1 rings (SSSR count). The molecule has 1 fully saturated rings. The first kappa shape index (κ1) is 11.5. The minimum Gasteiger partial charge on any atom is -0.468 e. The molecular weight excluding hydrogens is 182 g/mol. The van der Waals surface area contributed by atoms with Crippen molar-refractivity contribution in [3.8, 4) is 0 Å². The first-order valence-corrected chi connectivity index (χ1v) is 4.96. The monoisotopic (exact) mass is 201 g/mol. The molecule has 2 N–H and O–H groups in total. The molecule has 1 saturated carbocycles. The fourth-order valence-electron chi connectivity index (χ4n) is 1.39. The van der Waals surface area contributed by atoms with Crippen LogP contribution in [0.1, 0.15) is 26.7 Å². The first-order valence-electron chi connectivity index (χ1n) is 4.96. The van der Waals surface area contributed by atoms with Gasteiger partial charge < -0.3 is 9.84 Å². The maximum absolute atomic E-state index is 11.4. The van der Waals surface area contributed by atoms with Gasteiger partial charge in [-0.1, -0.05) is 0 Å². The van der Waals surface area contributed by atoms with Crippen LogP contribution in [0.4, 0.5) is 0 Å². The lowest BCUT2D eigenvalue weighted by Crippen LogP contribution is -2.53. The van der Waals surface area contributed by atoms with Gasteiger partial charge in [0.1, 0.15) is 6.04 Å². The van der Waals surface area contributed by atoms with Gasteiger partial charge in [-0.2, -0.15) is 0 Å². The average molecular weight is 201 g/mol. The van der Waals surface area contributed by atoms with Gasteiger partial charge in [0.25, 0.3) is 0 Å². The van der Waals surface area contributed by atoms with Gasteiger partial charge in [0.2, 0.25) is 0 Å². The zero-order valence-electron chi connectivity index (χ0n) is 9.04. The number of methoxy groups -OCH3 is 1. The number of nitrogens with one attached hydrogen (secondary N) is 1. The van der Waals surface area contributed by atoms with Crippen molar-refractivity contribution in [2.75, 3.05) is 13.7 Å². The van der Waals surface area contributed by atoms with Crippen LogP contribution in [0.3, 0.4) is 0 Å². The molecule has 82 valence electrons. The molecule has 1 aliphatic carbocycles. The van der Waals surface area contributed by atoms with Gasteiger partial charge in [-0.25, -0.2) is 0 Å². The number of hydrogen-bond acceptors (Lipinski definition) is 4. The molecule has 0 bridgehead atoms. The Bertz CT molecular complexity index is 211. The van der Waals surface area contributed by atoms with E-state index in [-0.39, 0.29) is 18.6 Å². The Labute approximate surface area is 84.6 Å². The van der Waals surface area contributed by atoms with Gasteiger partial charge in [0.05, 0.1) is 13.7 Å². The second-order valence-corrected chi connectivity index (χ2v) is 4.52. The third kappa shape index (κ3) is 2.96. The third-order valence-corrected chi connectivity index (χ3v) is 2.49. The van der Waals surface area contributed by atoms with E-state index in [0.717, 1.165) is 12.8 Å². The van der Waals surface area contributed by atoms with Gasteiger partial charge in [0.15, 0.2) is 0 Å². The molecule has 4 nitrogen and oxygen atoms in total. The Kier molecular flexibility index (Phi) is 3.50. The fraction of sp³-hybridized carbons (Fsp3) is 0.900. The lowest BCUT2D eigenvalue weighted by atomic mass is 10.0. The van der Waals surface area contributed by atoms with Crippen molar-refractivity contribution < 1.29 is 14.6 Å². The second kappa shape index (κ2) is 4.28. The van der Waals surface area contributed by atoms with E-state index in [9.17, 15) is 4.79 Å². The van der Waals surface area contributed by atoms with E-state index in [2.05, 4.69) is 5.32 Å². The molecule has 1 unspecified atom stereocenters. The van der Waals surface area contributed by atoms with Crippen molar-refractivity contribution in [1.29, 1.82) is 0 Å². The lowest BCUT2D eigenvalue weighted by Gasteiger charge is -2.28. The minimum atomic E-state index is -0.429. The topological polar surface area (TPSA) is 58.6 Å². The van der Waals surface area contributed by atoms with Crippen LogP contribution >= 0.6 is 0 Å². The van der Waals surface area contributed by atoms with Crippen molar-refractivity contribution in [2.24, 2.45) is 5.92 Å². The molecule has 0 aromatic heterocycles. The maximum atomic E-state index is 11.4. The summed E-state index contributed by atoms with van der Waals surface area (Å²) in [5, 5.41) is 12.2. The van der Waals surface area contributed by atoms with E-state index in [1.807, 2.05) is 13.8 Å². The summed E-state index contributed by atoms with van der Waals surface area (Å²) >= 11 is 0. The van der Waals surface area contributed by atoms with Crippen molar-refractivity contribution in [2.45, 2.75) is 38.3 Å². The zero-order chi connectivity index (χ0) is 10.8. The molecular formula is C10H19NO3. The molecule has 0 amide bonds. The van der Waals surface area contributed by atoms with Crippen LogP contribution < -0.4 is 5.32 Å². The van der Waals surface area contributed by atoms with Crippen LogP contribution in [0, 0.1) is 5.92 Å². The maximum Gasteiger partial charge on any atom is 0.323 e. The summed E-state index contributed by atoms with van der Waals surface area (Å²) < 4.78 is 4.72. The number of rotatable bonds is 5. The summed E-state index contributed by atoms with van der Waals surface area (Å²) in [6.07, 6.45) is 2.13. The summed E-state index contributed by atoms with van der Waals surface area (Å²) in [6, 6.07) is -0.262. The van der Waals surface area contributed by atoms with Crippen molar-refractivity contribution in [3.63, 3.8) is 0 Å². The summed E-state index contributed by atoms with van der Waals surface area (Å²) in [5.41, 5.74) is -0.429. The molecule has 0 radical (unpaired) electrons. The predicted molar refractivity (Wildman–Crippen MR) is 52.8 cm³/mol. The summed E-state index contributed by atoms with van der Waals surface area (Å²) in [7, 11) is 1.39. The van der Waals surface area contributed by atoms with Crippen molar-refractivity contribution in [3.05, 3.63) is 0 Å². The first-order chi connectivity index (χ1) is 6.50. The summed E-state index contributed by atoms with van der Waals surface area (Å²) in [6.45, 7) is 3.74. The SMILES string of the molecule is COC(=O)C(NC(C)(C)CO)C1CC1. The highest BCUT2D eigenvalue weighted by Gasteiger charge is 2.39. The fourth-order valence-corrected chi connectivity index (χ4v) is 1.39. The van der Waals surface area contributed by atoms with Gasteiger partial charge in [-0.05, 0) is 32.6 Å². The van der Waals surface area contributed by atoms with Crippen LogP contribution in [0.25, 0.3) is 0 Å². The largest absolute Gasteiger partial charge is 0.468 e. The van der Waals surface area contributed by atoms with E-state index in [0.29, 0.717) is 5.92 Å². The summed E-state index contributed by atoms with van der Waals surface area (Å²) in [5.74, 6) is 0.155. The Morgan fingerprint density at radius 3 is 2.57 bits per heavy atom. The second-order valence-electron chi connectivity index (χ2n) is 4.52. The summed E-state index contributed by atoms with van der Waals surface area (Å²) in [4.78, 5) is 11.4. The number of hydrogen-bond donors (Lipinski definition) is 2. The van der Waals surface area contributed by atoms with E-state index in [4.69, 9.17) is 9.84 Å². The number of carbonyl (C=O) groups excluding carboxylic acids is 1. The third-order valence-electron chi connectivity index (χ3n) is 2.49. The van der Waals surface area contributed by atoms with Crippen LogP contribution in [0.15, 0.2) is 0 Å². The molecule has 1 atom stereocenters. The van der Waals surface area contributed by atoms with Gasteiger partial charge in [0, 0.05) is 5.54 Å². The minimum absolute atomic E-state index is 0.00716. The van der Waals surface area contributed by atoms with Crippen molar-refractivity contribution >= 4 is 5.97 Å². The zero-order valence-corrected chi connectivity index (χ0v) is 9.04. The van der Waals surface area contributed by atoms with Crippen LogP contribution in [-0.4, -0.2) is 36.4 Å². The Morgan fingerprint density at radius 1 is 1.64 bits per heavy atom. The highest BCUT2D eigenvalue weighted by Crippen LogP contribution is 2.33. The number of aliphatic hydroxyl groups excluding tert-OH is 1. The van der Waals surface area contributed by atoms with E-state index in [1.54, 1.807) is 0 Å². The smallest absolute Gasteiger partial charge is 0.323 e. The standard InChI is InChI=1S/C10H19NO3/c1-10(2,6-12)11-8(7-4-5-7)9(13)14-3/h7-8,11-12H,4-6H2,1-3H3. The number of esters is 1. The number of ether oxygens (including phenoxy) is 1. The normalized spacial score (nSPS) is 19.1. The Morgan fingerprint density at radius 2 is 2.21 bits per heavy atom. The number of carbonyl (C=O) groups is 1. The molecule has 0 aromatic rings. The van der Waals surface area contributed by atoms with Crippen LogP contribution in [0.2, 0.25) is 0 Å². The average Bonchev–Trinajstić information content (AvgIpc) is 2.96. The Balaban J connectivity index is 2.55. The van der Waals surface area contributed by atoms with E-state index < -0.39 is 5.54 Å². The van der Waals surface area contributed by atoms with Gasteiger partial charge in [-0.15, -0.1) is 0 Å². The van der Waals surface area contributed by atoms with E-state index in [1.165, 1.54) is 7.11 Å². The van der Waals surface area contributed by atoms with E-state index >= 15 is 0 Å². The quantitative estimate of drug-likeness (QED) is 0.628. The van der Waals surface area contributed by atoms with Crippen molar-refractivity contribution in [1.82, 2.24) is 5.32 Å². The molecule has 14 heavy (non-hydrogen) atoms. The predicted octanol–water partition coefficient (Wildman–Crippen LogP) is 0.298. The highest BCUT2D eigenvalue weighted by atomic mass is 16.5. The molecule has 4 heteroatoms. The van der Waals surface area contributed by atoms with Gasteiger partial charge >= 0.3 is 5.97 Å². The lowest BCUT2D eigenvalue weighted by molar-refractivity contribution is -0.144. The molecule has 0 aromatic carbocycles. The van der Waals surface area contributed by atoms with Crippen LogP contribution in [-0.2, 0) is 9.53 Å². The molecule has 0 heterocycles.